The molecule has 110 valence electrons. The van der Waals surface area contributed by atoms with E-state index < -0.39 is 0 Å². The molecule has 1 saturated heterocycles. The van der Waals surface area contributed by atoms with Gasteiger partial charge in [0.05, 0.1) is 0 Å². The Bertz CT molecular complexity index is 422. The minimum absolute atomic E-state index is 0.445. The maximum atomic E-state index is 3.84. The lowest BCUT2D eigenvalue weighted by atomic mass is 9.87. The van der Waals surface area contributed by atoms with E-state index in [9.17, 15) is 0 Å². The third kappa shape index (κ3) is 2.51. The maximum absolute atomic E-state index is 3.84. The molecule has 1 aliphatic heterocycles. The predicted molar refractivity (Wildman–Crippen MR) is 84.8 cm³/mol. The topological polar surface area (TPSA) is 15.3 Å². The van der Waals surface area contributed by atoms with Crippen LogP contribution >= 0.6 is 0 Å². The van der Waals surface area contributed by atoms with E-state index in [2.05, 4.69) is 54.4 Å². The highest BCUT2D eigenvalue weighted by Gasteiger charge is 2.44. The quantitative estimate of drug-likeness (QED) is 0.901. The Kier molecular flexibility index (Phi) is 4.13. The van der Waals surface area contributed by atoms with E-state index in [0.29, 0.717) is 17.6 Å². The van der Waals surface area contributed by atoms with E-state index >= 15 is 0 Å². The molecular formula is C18H28N2. The number of rotatable bonds is 3. The number of hydrogen-bond acceptors (Lipinski definition) is 2. The molecular weight excluding hydrogens is 244 g/mol. The smallest absolute Gasteiger partial charge is 0.0450 e. The third-order valence-electron chi connectivity index (χ3n) is 5.53. The molecule has 2 aliphatic rings. The van der Waals surface area contributed by atoms with Gasteiger partial charge in [-0.05, 0) is 31.7 Å². The van der Waals surface area contributed by atoms with Gasteiger partial charge in [0.25, 0.3) is 0 Å². The van der Waals surface area contributed by atoms with Gasteiger partial charge in [0.15, 0.2) is 0 Å². The van der Waals surface area contributed by atoms with Crippen molar-refractivity contribution in [2.24, 2.45) is 0 Å². The molecule has 0 amide bonds. The minimum atomic E-state index is 0.445. The highest BCUT2D eigenvalue weighted by molar-refractivity contribution is 5.21. The number of nitrogens with one attached hydrogen (secondary N) is 1. The summed E-state index contributed by atoms with van der Waals surface area (Å²) >= 11 is 0. The summed E-state index contributed by atoms with van der Waals surface area (Å²) in [7, 11) is 0. The summed E-state index contributed by atoms with van der Waals surface area (Å²) in [4.78, 5) is 2.83. The first-order valence-corrected chi connectivity index (χ1v) is 8.30. The molecule has 1 aromatic rings. The predicted octanol–water partition coefficient (Wildman–Crippen LogP) is 3.74. The molecule has 1 N–H and O–H groups in total. The average Bonchev–Trinajstić information content (AvgIpc) is 2.97. The van der Waals surface area contributed by atoms with Gasteiger partial charge in [-0.25, -0.2) is 0 Å². The zero-order valence-corrected chi connectivity index (χ0v) is 12.9. The van der Waals surface area contributed by atoms with Crippen molar-refractivity contribution in [1.29, 1.82) is 0 Å². The fourth-order valence-electron chi connectivity index (χ4n) is 4.14. The standard InChI is InChI=1S/C18H28N2/c1-3-15(2)20-13-17(16-9-5-4-6-10-16)19-14-18(20)11-7-8-12-18/h4-6,9-10,15,17,19H,3,7-8,11-14H2,1-2H3. The van der Waals surface area contributed by atoms with Crippen molar-refractivity contribution < 1.29 is 0 Å². The summed E-state index contributed by atoms with van der Waals surface area (Å²) in [5.41, 5.74) is 1.88. The monoisotopic (exact) mass is 272 g/mol. The lowest BCUT2D eigenvalue weighted by Gasteiger charge is -2.51. The van der Waals surface area contributed by atoms with Crippen molar-refractivity contribution in [3.8, 4) is 0 Å². The van der Waals surface area contributed by atoms with Gasteiger partial charge in [-0.15, -0.1) is 0 Å². The fourth-order valence-corrected chi connectivity index (χ4v) is 4.14. The van der Waals surface area contributed by atoms with Crippen molar-refractivity contribution in [2.75, 3.05) is 13.1 Å². The van der Waals surface area contributed by atoms with Crippen LogP contribution in [0.15, 0.2) is 30.3 Å². The van der Waals surface area contributed by atoms with Crippen molar-refractivity contribution in [3.05, 3.63) is 35.9 Å². The van der Waals surface area contributed by atoms with E-state index in [-0.39, 0.29) is 0 Å². The molecule has 1 spiro atoms. The van der Waals surface area contributed by atoms with E-state index in [1.807, 2.05) is 0 Å². The lowest BCUT2D eigenvalue weighted by Crippen LogP contribution is -2.63. The number of nitrogens with zero attached hydrogens (tertiary/aromatic N) is 1. The van der Waals surface area contributed by atoms with E-state index in [4.69, 9.17) is 0 Å². The van der Waals surface area contributed by atoms with Gasteiger partial charge in [0.2, 0.25) is 0 Å². The summed E-state index contributed by atoms with van der Waals surface area (Å²) in [5.74, 6) is 0. The van der Waals surface area contributed by atoms with Crippen LogP contribution in [0, 0.1) is 0 Å². The molecule has 1 aromatic carbocycles. The Hall–Kier alpha value is -0.860. The van der Waals surface area contributed by atoms with Gasteiger partial charge in [0.1, 0.15) is 0 Å². The zero-order valence-electron chi connectivity index (χ0n) is 12.9. The number of piperazine rings is 1. The van der Waals surface area contributed by atoms with Crippen LogP contribution in [0.25, 0.3) is 0 Å². The van der Waals surface area contributed by atoms with Crippen LogP contribution in [0.3, 0.4) is 0 Å². The Morgan fingerprint density at radius 1 is 1.25 bits per heavy atom. The Morgan fingerprint density at radius 3 is 2.60 bits per heavy atom. The SMILES string of the molecule is CCC(C)N1CC(c2ccccc2)NCC12CCCC2. The number of benzene rings is 1. The van der Waals surface area contributed by atoms with Crippen molar-refractivity contribution in [3.63, 3.8) is 0 Å². The summed E-state index contributed by atoms with van der Waals surface area (Å²) in [5, 5.41) is 3.84. The van der Waals surface area contributed by atoms with Crippen LogP contribution < -0.4 is 5.32 Å². The zero-order chi connectivity index (χ0) is 14.0. The molecule has 1 saturated carbocycles. The van der Waals surface area contributed by atoms with Crippen LogP contribution in [0.2, 0.25) is 0 Å². The van der Waals surface area contributed by atoms with Crippen molar-refractivity contribution in [2.45, 2.75) is 63.6 Å². The lowest BCUT2D eigenvalue weighted by molar-refractivity contribution is 0.00904. The number of hydrogen-bond donors (Lipinski definition) is 1. The Balaban J connectivity index is 1.81. The first-order valence-electron chi connectivity index (χ1n) is 8.30. The highest BCUT2D eigenvalue weighted by Crippen LogP contribution is 2.40. The Labute approximate surface area is 123 Å². The molecule has 20 heavy (non-hydrogen) atoms. The molecule has 2 atom stereocenters. The highest BCUT2D eigenvalue weighted by atomic mass is 15.3. The second kappa shape index (κ2) is 5.87. The fraction of sp³-hybridized carbons (Fsp3) is 0.667. The second-order valence-corrected chi connectivity index (χ2v) is 6.69. The molecule has 0 radical (unpaired) electrons. The van der Waals surface area contributed by atoms with Crippen LogP contribution in [-0.2, 0) is 0 Å². The molecule has 2 unspecified atom stereocenters. The van der Waals surface area contributed by atoms with Gasteiger partial charge in [0, 0.05) is 30.7 Å². The molecule has 0 aromatic heterocycles. The molecule has 1 heterocycles. The van der Waals surface area contributed by atoms with Gasteiger partial charge in [-0.1, -0.05) is 50.1 Å². The second-order valence-electron chi connectivity index (χ2n) is 6.69. The minimum Gasteiger partial charge on any atom is -0.307 e. The largest absolute Gasteiger partial charge is 0.307 e. The summed E-state index contributed by atoms with van der Waals surface area (Å²) in [6, 6.07) is 12.1. The van der Waals surface area contributed by atoms with E-state index in [1.54, 1.807) is 0 Å². The van der Waals surface area contributed by atoms with Crippen molar-refractivity contribution >= 4 is 0 Å². The third-order valence-corrected chi connectivity index (χ3v) is 5.53. The first kappa shape index (κ1) is 14.1. The molecule has 3 rings (SSSR count). The maximum Gasteiger partial charge on any atom is 0.0450 e. The van der Waals surface area contributed by atoms with Crippen LogP contribution in [0.4, 0.5) is 0 Å². The van der Waals surface area contributed by atoms with Crippen LogP contribution in [0.5, 0.6) is 0 Å². The summed E-state index contributed by atoms with van der Waals surface area (Å²) in [6.45, 7) is 7.07. The van der Waals surface area contributed by atoms with Crippen LogP contribution in [0.1, 0.15) is 57.6 Å². The molecule has 1 aliphatic carbocycles. The Morgan fingerprint density at radius 2 is 1.95 bits per heavy atom. The van der Waals surface area contributed by atoms with Gasteiger partial charge in [-0.3, -0.25) is 4.90 Å². The van der Waals surface area contributed by atoms with E-state index in [0.717, 1.165) is 6.54 Å². The average molecular weight is 272 g/mol. The van der Waals surface area contributed by atoms with Gasteiger partial charge < -0.3 is 5.32 Å². The summed E-state index contributed by atoms with van der Waals surface area (Å²) < 4.78 is 0. The van der Waals surface area contributed by atoms with Gasteiger partial charge >= 0.3 is 0 Å². The summed E-state index contributed by atoms with van der Waals surface area (Å²) in [6.07, 6.45) is 6.83. The molecule has 0 bridgehead atoms. The molecule has 2 nitrogen and oxygen atoms in total. The normalized spacial score (nSPS) is 27.8. The molecule has 2 fully saturated rings. The van der Waals surface area contributed by atoms with E-state index in [1.165, 1.54) is 44.2 Å². The molecule has 2 heteroatoms. The van der Waals surface area contributed by atoms with Crippen molar-refractivity contribution in [1.82, 2.24) is 10.2 Å². The van der Waals surface area contributed by atoms with Crippen LogP contribution in [-0.4, -0.2) is 29.6 Å². The van der Waals surface area contributed by atoms with Gasteiger partial charge in [-0.2, -0.15) is 0 Å². The first-order chi connectivity index (χ1) is 9.75.